The van der Waals surface area contributed by atoms with E-state index in [-0.39, 0.29) is 32.5 Å². The van der Waals surface area contributed by atoms with E-state index in [1.54, 1.807) is 24.3 Å². The molecule has 0 bridgehead atoms. The summed E-state index contributed by atoms with van der Waals surface area (Å²) in [4.78, 5) is 25.7. The summed E-state index contributed by atoms with van der Waals surface area (Å²) in [6.07, 6.45) is 1.90. The fourth-order valence-corrected chi connectivity index (χ4v) is 5.55. The minimum Gasteiger partial charge on any atom is -0.495 e. The molecule has 1 aliphatic rings. The lowest BCUT2D eigenvalue weighted by atomic mass is 10.1. The van der Waals surface area contributed by atoms with Gasteiger partial charge in [0.15, 0.2) is 0 Å². The molecule has 0 unspecified atom stereocenters. The van der Waals surface area contributed by atoms with Crippen molar-refractivity contribution < 1.29 is 22.9 Å². The van der Waals surface area contributed by atoms with Crippen LogP contribution in [0, 0.1) is 10.1 Å². The first-order valence-corrected chi connectivity index (χ1v) is 12.9. The van der Waals surface area contributed by atoms with Gasteiger partial charge in [0.1, 0.15) is 16.3 Å². The van der Waals surface area contributed by atoms with E-state index >= 15 is 0 Å². The normalized spacial score (nSPS) is 13.3. The Hall–Kier alpha value is -3.83. The molecule has 1 aliphatic heterocycles. The molecule has 1 fully saturated rings. The van der Waals surface area contributed by atoms with E-state index in [2.05, 4.69) is 10.0 Å². The third-order valence-corrected chi connectivity index (χ3v) is 7.56. The molecule has 0 aromatic heterocycles. The van der Waals surface area contributed by atoms with Gasteiger partial charge in [0.2, 0.25) is 0 Å². The van der Waals surface area contributed by atoms with Crippen LogP contribution in [0.2, 0.25) is 5.02 Å². The Morgan fingerprint density at radius 1 is 1.08 bits per heavy atom. The Morgan fingerprint density at radius 2 is 1.81 bits per heavy atom. The first-order valence-electron chi connectivity index (χ1n) is 11.0. The van der Waals surface area contributed by atoms with E-state index in [1.165, 1.54) is 43.5 Å². The van der Waals surface area contributed by atoms with Crippen LogP contribution in [0.5, 0.6) is 5.75 Å². The highest BCUT2D eigenvalue weighted by Crippen LogP contribution is 2.33. The number of hydrogen-bond donors (Lipinski definition) is 2. The van der Waals surface area contributed by atoms with Crippen molar-refractivity contribution in [3.63, 3.8) is 0 Å². The number of hydrogen-bond acceptors (Lipinski definition) is 7. The predicted octanol–water partition coefficient (Wildman–Crippen LogP) is 4.91. The number of anilines is 3. The van der Waals surface area contributed by atoms with E-state index in [9.17, 15) is 23.3 Å². The lowest BCUT2D eigenvalue weighted by molar-refractivity contribution is -0.384. The fraction of sp³-hybridized carbons (Fsp3) is 0.208. The van der Waals surface area contributed by atoms with Crippen molar-refractivity contribution in [2.75, 3.05) is 35.1 Å². The molecular formula is C24H23ClN4O6S. The van der Waals surface area contributed by atoms with Crippen molar-refractivity contribution in [2.45, 2.75) is 17.7 Å². The number of benzene rings is 3. The number of amides is 1. The van der Waals surface area contributed by atoms with Gasteiger partial charge in [-0.15, -0.1) is 0 Å². The van der Waals surface area contributed by atoms with Gasteiger partial charge in [-0.1, -0.05) is 23.7 Å². The van der Waals surface area contributed by atoms with Gasteiger partial charge in [-0.3, -0.25) is 19.6 Å². The highest BCUT2D eigenvalue weighted by Gasteiger charge is 2.25. The molecule has 0 atom stereocenters. The molecule has 36 heavy (non-hydrogen) atoms. The molecule has 1 heterocycles. The van der Waals surface area contributed by atoms with Gasteiger partial charge >= 0.3 is 0 Å². The zero-order chi connectivity index (χ0) is 25.9. The minimum absolute atomic E-state index is 0.0546. The monoisotopic (exact) mass is 530 g/mol. The van der Waals surface area contributed by atoms with Crippen molar-refractivity contribution in [1.82, 2.24) is 0 Å². The summed E-state index contributed by atoms with van der Waals surface area (Å²) in [6, 6.07) is 14.8. The molecule has 1 saturated heterocycles. The van der Waals surface area contributed by atoms with Crippen LogP contribution in [0.15, 0.2) is 65.6 Å². The first-order chi connectivity index (χ1) is 17.2. The van der Waals surface area contributed by atoms with Crippen molar-refractivity contribution in [1.29, 1.82) is 0 Å². The average molecular weight is 531 g/mol. The maximum atomic E-state index is 13.0. The number of nitrogens with one attached hydrogen (secondary N) is 2. The fourth-order valence-electron chi connectivity index (χ4n) is 3.96. The van der Waals surface area contributed by atoms with Gasteiger partial charge in [0.05, 0.1) is 22.7 Å². The minimum atomic E-state index is -4.14. The summed E-state index contributed by atoms with van der Waals surface area (Å²) in [6.45, 7) is 1.44. The number of nitrogens with zero attached hydrogens (tertiary/aromatic N) is 2. The Bertz CT molecular complexity index is 1420. The van der Waals surface area contributed by atoms with Crippen LogP contribution in [0.1, 0.15) is 23.2 Å². The van der Waals surface area contributed by atoms with Gasteiger partial charge in [-0.2, -0.15) is 0 Å². The molecule has 0 spiro atoms. The number of rotatable bonds is 8. The van der Waals surface area contributed by atoms with Crippen LogP contribution in [0.25, 0.3) is 0 Å². The number of carbonyl (C=O) groups is 1. The predicted molar refractivity (Wildman–Crippen MR) is 138 cm³/mol. The van der Waals surface area contributed by atoms with Crippen LogP contribution < -0.4 is 19.7 Å². The molecule has 0 saturated carbocycles. The van der Waals surface area contributed by atoms with E-state index in [0.717, 1.165) is 25.9 Å². The molecule has 0 radical (unpaired) electrons. The summed E-state index contributed by atoms with van der Waals surface area (Å²) in [7, 11) is -2.73. The van der Waals surface area contributed by atoms with Crippen LogP contribution in [0.4, 0.5) is 22.7 Å². The number of halogens is 1. The third kappa shape index (κ3) is 5.37. The van der Waals surface area contributed by atoms with E-state index in [0.29, 0.717) is 11.4 Å². The number of ether oxygens (including phenoxy) is 1. The molecular weight excluding hydrogens is 508 g/mol. The molecule has 4 rings (SSSR count). The van der Waals surface area contributed by atoms with Crippen molar-refractivity contribution in [3.8, 4) is 5.75 Å². The van der Waals surface area contributed by atoms with Gasteiger partial charge in [0.25, 0.3) is 21.6 Å². The summed E-state index contributed by atoms with van der Waals surface area (Å²) < 4.78 is 33.7. The van der Waals surface area contributed by atoms with Gasteiger partial charge in [0, 0.05) is 30.4 Å². The van der Waals surface area contributed by atoms with Crippen LogP contribution in [-0.4, -0.2) is 39.4 Å². The standard InChI is InChI=1S/C24H23ClN4O6S/c1-35-22-7-3-2-6-19(22)27-36(33,34)23-15-17(9-10-18(23)25)26-24(30)16-8-11-20(21(14-16)29(31)32)28-12-4-5-13-28/h2-3,6-11,14-15,27H,4-5,12-13H2,1H3,(H,26,30). The largest absolute Gasteiger partial charge is 0.495 e. The number of nitro groups is 1. The molecule has 10 nitrogen and oxygen atoms in total. The maximum Gasteiger partial charge on any atom is 0.293 e. The van der Waals surface area contributed by atoms with E-state index < -0.39 is 20.9 Å². The van der Waals surface area contributed by atoms with Crippen molar-refractivity contribution in [2.24, 2.45) is 0 Å². The molecule has 188 valence electrons. The first kappa shape index (κ1) is 25.3. The van der Waals surface area contributed by atoms with Gasteiger partial charge < -0.3 is 15.0 Å². The molecule has 1 amide bonds. The summed E-state index contributed by atoms with van der Waals surface area (Å²) in [5, 5.41) is 14.2. The van der Waals surface area contributed by atoms with Crippen molar-refractivity contribution in [3.05, 3.63) is 81.4 Å². The van der Waals surface area contributed by atoms with E-state index in [1.807, 2.05) is 4.90 Å². The zero-order valence-electron chi connectivity index (χ0n) is 19.2. The second-order valence-electron chi connectivity index (χ2n) is 8.06. The summed E-state index contributed by atoms with van der Waals surface area (Å²) in [5.41, 5.74) is 0.740. The molecule has 2 N–H and O–H groups in total. The second kappa shape index (κ2) is 10.4. The third-order valence-electron chi connectivity index (χ3n) is 5.71. The highest BCUT2D eigenvalue weighted by atomic mass is 35.5. The Balaban J connectivity index is 1.59. The van der Waals surface area contributed by atoms with Gasteiger partial charge in [-0.25, -0.2) is 8.42 Å². The molecule has 12 heteroatoms. The Kier molecular flexibility index (Phi) is 7.32. The number of carbonyl (C=O) groups excluding carboxylic acids is 1. The number of para-hydroxylation sites is 2. The smallest absolute Gasteiger partial charge is 0.293 e. The quantitative estimate of drug-likeness (QED) is 0.312. The lowest BCUT2D eigenvalue weighted by Gasteiger charge is -2.18. The Morgan fingerprint density at radius 3 is 2.50 bits per heavy atom. The number of methoxy groups -OCH3 is 1. The SMILES string of the molecule is COc1ccccc1NS(=O)(=O)c1cc(NC(=O)c2ccc(N3CCCC3)c([N+](=O)[O-])c2)ccc1Cl. The van der Waals surface area contributed by atoms with Crippen LogP contribution >= 0.6 is 11.6 Å². The van der Waals surface area contributed by atoms with Crippen molar-refractivity contribution >= 4 is 50.3 Å². The summed E-state index contributed by atoms with van der Waals surface area (Å²) >= 11 is 6.17. The van der Waals surface area contributed by atoms with Gasteiger partial charge in [-0.05, 0) is 55.3 Å². The topological polar surface area (TPSA) is 131 Å². The van der Waals surface area contributed by atoms with Crippen LogP contribution in [0.3, 0.4) is 0 Å². The maximum absolute atomic E-state index is 13.0. The second-order valence-corrected chi connectivity index (χ2v) is 10.1. The highest BCUT2D eigenvalue weighted by molar-refractivity contribution is 7.92. The lowest BCUT2D eigenvalue weighted by Crippen LogP contribution is -2.20. The molecule has 0 aliphatic carbocycles. The number of sulfonamides is 1. The molecule has 3 aromatic rings. The number of nitro benzene ring substituents is 1. The molecule has 3 aromatic carbocycles. The van der Waals surface area contributed by atoms with E-state index in [4.69, 9.17) is 16.3 Å². The zero-order valence-corrected chi connectivity index (χ0v) is 20.8. The summed E-state index contributed by atoms with van der Waals surface area (Å²) in [5.74, 6) is -0.310. The average Bonchev–Trinajstić information content (AvgIpc) is 3.39. The van der Waals surface area contributed by atoms with Crippen LogP contribution in [-0.2, 0) is 10.0 Å². The Labute approximate surface area is 213 Å².